The summed E-state index contributed by atoms with van der Waals surface area (Å²) in [5.74, 6) is 0. The van der Waals surface area contributed by atoms with Gasteiger partial charge in [0.1, 0.15) is 0 Å². The minimum absolute atomic E-state index is 0.375. The Morgan fingerprint density at radius 3 is 2.70 bits per heavy atom. The number of methoxy groups -OCH3 is 1. The second-order valence-corrected chi connectivity index (χ2v) is 2.23. The molecular formula is C7H17NO2. The first-order valence-electron chi connectivity index (χ1n) is 3.67. The molecule has 1 unspecified atom stereocenters. The highest BCUT2D eigenvalue weighted by molar-refractivity contribution is 4.51. The third kappa shape index (κ3) is 6.01. The molecule has 0 spiro atoms. The van der Waals surface area contributed by atoms with Crippen molar-refractivity contribution < 1.29 is 9.57 Å². The molecule has 0 bridgehead atoms. The first kappa shape index (κ1) is 9.88. The SMILES string of the molecule is CCONC(C)CCOC. The van der Waals surface area contributed by atoms with Gasteiger partial charge in [-0.05, 0) is 20.3 Å². The van der Waals surface area contributed by atoms with E-state index >= 15 is 0 Å². The van der Waals surface area contributed by atoms with Crippen LogP contribution in [-0.2, 0) is 9.57 Å². The molecule has 0 aromatic rings. The zero-order valence-corrected chi connectivity index (χ0v) is 7.02. The van der Waals surface area contributed by atoms with Gasteiger partial charge >= 0.3 is 0 Å². The van der Waals surface area contributed by atoms with Crippen LogP contribution in [0.2, 0.25) is 0 Å². The number of hydroxylamine groups is 1. The summed E-state index contributed by atoms with van der Waals surface area (Å²) in [6.07, 6.45) is 0.983. The Bertz CT molecular complexity index is 60.6. The van der Waals surface area contributed by atoms with E-state index in [4.69, 9.17) is 9.57 Å². The highest BCUT2D eigenvalue weighted by Gasteiger charge is 1.98. The van der Waals surface area contributed by atoms with Crippen LogP contribution in [0.4, 0.5) is 0 Å². The molecule has 0 aliphatic carbocycles. The average molecular weight is 147 g/mol. The lowest BCUT2D eigenvalue weighted by atomic mass is 10.3. The lowest BCUT2D eigenvalue weighted by Gasteiger charge is -2.11. The molecule has 0 aromatic carbocycles. The highest BCUT2D eigenvalue weighted by atomic mass is 16.6. The van der Waals surface area contributed by atoms with Gasteiger partial charge in [0, 0.05) is 19.8 Å². The minimum Gasteiger partial charge on any atom is -0.385 e. The lowest BCUT2D eigenvalue weighted by molar-refractivity contribution is 0.0208. The van der Waals surface area contributed by atoms with Crippen LogP contribution in [-0.4, -0.2) is 26.4 Å². The van der Waals surface area contributed by atoms with Crippen LogP contribution < -0.4 is 5.48 Å². The van der Waals surface area contributed by atoms with Gasteiger partial charge in [0.15, 0.2) is 0 Å². The summed E-state index contributed by atoms with van der Waals surface area (Å²) in [5, 5.41) is 0. The molecule has 3 nitrogen and oxygen atoms in total. The van der Waals surface area contributed by atoms with E-state index in [0.717, 1.165) is 13.0 Å². The smallest absolute Gasteiger partial charge is 0.0654 e. The molecule has 0 rings (SSSR count). The number of ether oxygens (including phenoxy) is 1. The van der Waals surface area contributed by atoms with E-state index in [1.807, 2.05) is 6.92 Å². The Hall–Kier alpha value is -0.120. The van der Waals surface area contributed by atoms with Crippen LogP contribution >= 0.6 is 0 Å². The molecular weight excluding hydrogens is 130 g/mol. The van der Waals surface area contributed by atoms with E-state index in [2.05, 4.69) is 12.4 Å². The van der Waals surface area contributed by atoms with E-state index in [-0.39, 0.29) is 0 Å². The number of rotatable bonds is 6. The third-order valence-electron chi connectivity index (χ3n) is 1.18. The fourth-order valence-electron chi connectivity index (χ4n) is 0.579. The Balaban J connectivity index is 3.00. The molecule has 1 atom stereocenters. The topological polar surface area (TPSA) is 30.5 Å². The van der Waals surface area contributed by atoms with Gasteiger partial charge in [-0.1, -0.05) is 0 Å². The van der Waals surface area contributed by atoms with E-state index in [1.54, 1.807) is 7.11 Å². The first-order valence-corrected chi connectivity index (χ1v) is 3.67. The van der Waals surface area contributed by atoms with Gasteiger partial charge in [0.05, 0.1) is 6.61 Å². The quantitative estimate of drug-likeness (QED) is 0.567. The van der Waals surface area contributed by atoms with Crippen molar-refractivity contribution in [2.24, 2.45) is 0 Å². The van der Waals surface area contributed by atoms with Gasteiger partial charge in [-0.2, -0.15) is 5.48 Å². The monoisotopic (exact) mass is 147 g/mol. The van der Waals surface area contributed by atoms with Crippen molar-refractivity contribution in [2.45, 2.75) is 26.3 Å². The fraction of sp³-hybridized carbons (Fsp3) is 1.00. The van der Waals surface area contributed by atoms with Crippen LogP contribution in [0.15, 0.2) is 0 Å². The zero-order chi connectivity index (χ0) is 7.82. The van der Waals surface area contributed by atoms with Crippen LogP contribution in [0.5, 0.6) is 0 Å². The maximum atomic E-state index is 4.99. The van der Waals surface area contributed by atoms with E-state index in [0.29, 0.717) is 12.6 Å². The minimum atomic E-state index is 0.375. The Morgan fingerprint density at radius 2 is 2.20 bits per heavy atom. The molecule has 1 N–H and O–H groups in total. The number of nitrogens with one attached hydrogen (secondary N) is 1. The summed E-state index contributed by atoms with van der Waals surface area (Å²) in [6, 6.07) is 0.375. The van der Waals surface area contributed by atoms with Crippen molar-refractivity contribution in [3.63, 3.8) is 0 Å². The Morgan fingerprint density at radius 1 is 1.50 bits per heavy atom. The van der Waals surface area contributed by atoms with E-state index < -0.39 is 0 Å². The van der Waals surface area contributed by atoms with Crippen molar-refractivity contribution in [1.82, 2.24) is 5.48 Å². The van der Waals surface area contributed by atoms with Crippen LogP contribution in [0.3, 0.4) is 0 Å². The maximum Gasteiger partial charge on any atom is 0.0654 e. The largest absolute Gasteiger partial charge is 0.385 e. The molecule has 0 aromatic heterocycles. The molecule has 0 heterocycles. The molecule has 0 aliphatic rings. The van der Waals surface area contributed by atoms with E-state index in [1.165, 1.54) is 0 Å². The molecule has 10 heavy (non-hydrogen) atoms. The maximum absolute atomic E-state index is 4.99. The summed E-state index contributed by atoms with van der Waals surface area (Å²) in [5.41, 5.74) is 2.89. The predicted molar refractivity (Wildman–Crippen MR) is 40.7 cm³/mol. The van der Waals surface area contributed by atoms with Crippen molar-refractivity contribution in [3.8, 4) is 0 Å². The van der Waals surface area contributed by atoms with Crippen LogP contribution in [0.1, 0.15) is 20.3 Å². The fourth-order valence-corrected chi connectivity index (χ4v) is 0.579. The van der Waals surface area contributed by atoms with Gasteiger partial charge in [-0.15, -0.1) is 0 Å². The average Bonchev–Trinajstić information content (AvgIpc) is 1.97. The van der Waals surface area contributed by atoms with Crippen molar-refractivity contribution in [3.05, 3.63) is 0 Å². The van der Waals surface area contributed by atoms with Crippen molar-refractivity contribution in [2.75, 3.05) is 20.3 Å². The second kappa shape index (κ2) is 6.99. The van der Waals surface area contributed by atoms with Crippen LogP contribution in [0.25, 0.3) is 0 Å². The summed E-state index contributed by atoms with van der Waals surface area (Å²) in [6.45, 7) is 5.50. The van der Waals surface area contributed by atoms with E-state index in [9.17, 15) is 0 Å². The van der Waals surface area contributed by atoms with Crippen molar-refractivity contribution >= 4 is 0 Å². The van der Waals surface area contributed by atoms with Gasteiger partial charge in [-0.25, -0.2) is 0 Å². The predicted octanol–water partition coefficient (Wildman–Crippen LogP) is 0.952. The normalized spacial score (nSPS) is 13.5. The zero-order valence-electron chi connectivity index (χ0n) is 7.02. The van der Waals surface area contributed by atoms with Crippen LogP contribution in [0, 0.1) is 0 Å². The first-order chi connectivity index (χ1) is 4.81. The lowest BCUT2D eigenvalue weighted by Crippen LogP contribution is -2.27. The Labute approximate surface area is 62.7 Å². The van der Waals surface area contributed by atoms with Gasteiger partial charge in [-0.3, -0.25) is 0 Å². The molecule has 0 saturated carbocycles. The summed E-state index contributed by atoms with van der Waals surface area (Å²) < 4.78 is 4.90. The third-order valence-corrected chi connectivity index (χ3v) is 1.18. The summed E-state index contributed by atoms with van der Waals surface area (Å²) in [7, 11) is 1.70. The highest BCUT2D eigenvalue weighted by Crippen LogP contribution is 1.89. The van der Waals surface area contributed by atoms with Gasteiger partial charge < -0.3 is 9.57 Å². The van der Waals surface area contributed by atoms with Gasteiger partial charge in [0.2, 0.25) is 0 Å². The summed E-state index contributed by atoms with van der Waals surface area (Å²) in [4.78, 5) is 4.99. The standard InChI is InChI=1S/C7H17NO2/c1-4-10-8-7(2)5-6-9-3/h7-8H,4-6H2,1-3H3. The van der Waals surface area contributed by atoms with Gasteiger partial charge in [0.25, 0.3) is 0 Å². The molecule has 0 amide bonds. The summed E-state index contributed by atoms with van der Waals surface area (Å²) >= 11 is 0. The molecule has 0 saturated heterocycles. The second-order valence-electron chi connectivity index (χ2n) is 2.23. The van der Waals surface area contributed by atoms with Crippen molar-refractivity contribution in [1.29, 1.82) is 0 Å². The Kier molecular flexibility index (Phi) is 6.91. The number of hydrogen-bond acceptors (Lipinski definition) is 3. The molecule has 0 fully saturated rings. The molecule has 3 heteroatoms. The molecule has 0 radical (unpaired) electrons. The molecule has 0 aliphatic heterocycles. The number of hydrogen-bond donors (Lipinski definition) is 1. The molecule has 62 valence electrons.